The highest BCUT2D eigenvalue weighted by Gasteiger charge is 2.09. The quantitative estimate of drug-likeness (QED) is 0.719. The number of ether oxygens (including phenoxy) is 2. The van der Waals surface area contributed by atoms with Gasteiger partial charge in [0.1, 0.15) is 30.8 Å². The van der Waals surface area contributed by atoms with Crippen LogP contribution >= 0.6 is 0 Å². The molecule has 4 nitrogen and oxygen atoms in total. The van der Waals surface area contributed by atoms with E-state index < -0.39 is 6.10 Å². The van der Waals surface area contributed by atoms with E-state index in [0.29, 0.717) is 18.1 Å². The number of hydrogen-bond acceptors (Lipinski definition) is 4. The summed E-state index contributed by atoms with van der Waals surface area (Å²) < 4.78 is 11.3. The van der Waals surface area contributed by atoms with Gasteiger partial charge < -0.3 is 14.6 Å². The van der Waals surface area contributed by atoms with Crippen molar-refractivity contribution in [2.75, 3.05) is 6.61 Å². The Morgan fingerprint density at radius 2 is 1.46 bits per heavy atom. The van der Waals surface area contributed by atoms with Crippen LogP contribution in [0.5, 0.6) is 11.5 Å². The van der Waals surface area contributed by atoms with E-state index in [1.165, 1.54) is 0 Å². The van der Waals surface area contributed by atoms with Gasteiger partial charge in [0.05, 0.1) is 5.69 Å². The van der Waals surface area contributed by atoms with Crippen LogP contribution in [0.15, 0.2) is 79.0 Å². The first kappa shape index (κ1) is 16.0. The minimum absolute atomic E-state index is 0.154. The van der Waals surface area contributed by atoms with E-state index in [0.717, 1.165) is 11.3 Å². The highest BCUT2D eigenvalue weighted by atomic mass is 16.5. The molecule has 2 aromatic carbocycles. The number of hydrogen-bond donors (Lipinski definition) is 1. The molecule has 0 bridgehead atoms. The number of pyridine rings is 1. The van der Waals surface area contributed by atoms with E-state index in [-0.39, 0.29) is 6.61 Å². The number of aliphatic hydroxyl groups excluding tert-OH is 1. The minimum Gasteiger partial charge on any atom is -0.490 e. The number of aliphatic hydroxyl groups is 1. The zero-order valence-electron chi connectivity index (χ0n) is 13.2. The SMILES string of the molecule is OC(COc1ccc(OCc2ccccc2)cc1)c1ccccn1. The fourth-order valence-electron chi connectivity index (χ4n) is 2.21. The standard InChI is InChI=1S/C20H19NO3/c22-20(19-8-4-5-13-21-19)15-24-18-11-9-17(10-12-18)23-14-16-6-2-1-3-7-16/h1-13,20,22H,14-15H2. The first-order valence-corrected chi connectivity index (χ1v) is 7.80. The van der Waals surface area contributed by atoms with Crippen LogP contribution in [0.25, 0.3) is 0 Å². The van der Waals surface area contributed by atoms with Crippen LogP contribution in [0.4, 0.5) is 0 Å². The van der Waals surface area contributed by atoms with Crippen LogP contribution in [-0.2, 0) is 6.61 Å². The Bertz CT molecular complexity index is 730. The average molecular weight is 321 g/mol. The Labute approximate surface area is 141 Å². The molecule has 24 heavy (non-hydrogen) atoms. The summed E-state index contributed by atoms with van der Waals surface area (Å²) >= 11 is 0. The molecule has 1 aromatic heterocycles. The normalized spacial score (nSPS) is 11.7. The van der Waals surface area contributed by atoms with Gasteiger partial charge in [0.2, 0.25) is 0 Å². The first-order chi connectivity index (χ1) is 11.8. The van der Waals surface area contributed by atoms with Gasteiger partial charge >= 0.3 is 0 Å². The summed E-state index contributed by atoms with van der Waals surface area (Å²) in [6.45, 7) is 0.681. The molecule has 0 spiro atoms. The van der Waals surface area contributed by atoms with Crippen molar-refractivity contribution in [2.24, 2.45) is 0 Å². The lowest BCUT2D eigenvalue weighted by atomic mass is 10.2. The molecule has 0 aliphatic carbocycles. The first-order valence-electron chi connectivity index (χ1n) is 7.80. The second kappa shape index (κ2) is 8.13. The lowest BCUT2D eigenvalue weighted by molar-refractivity contribution is 0.104. The molecule has 0 fully saturated rings. The summed E-state index contributed by atoms with van der Waals surface area (Å²) in [7, 11) is 0. The predicted octanol–water partition coefficient (Wildman–Crippen LogP) is 3.77. The Balaban J connectivity index is 1.49. The topological polar surface area (TPSA) is 51.6 Å². The van der Waals surface area contributed by atoms with Gasteiger partial charge in [-0.05, 0) is 42.0 Å². The van der Waals surface area contributed by atoms with Crippen molar-refractivity contribution in [1.29, 1.82) is 0 Å². The largest absolute Gasteiger partial charge is 0.490 e. The van der Waals surface area contributed by atoms with E-state index >= 15 is 0 Å². The van der Waals surface area contributed by atoms with E-state index in [9.17, 15) is 5.11 Å². The van der Waals surface area contributed by atoms with E-state index in [4.69, 9.17) is 9.47 Å². The molecule has 0 radical (unpaired) electrons. The van der Waals surface area contributed by atoms with Crippen molar-refractivity contribution in [3.63, 3.8) is 0 Å². The third-order valence-corrected chi connectivity index (χ3v) is 3.51. The van der Waals surface area contributed by atoms with E-state index in [2.05, 4.69) is 4.98 Å². The molecule has 122 valence electrons. The van der Waals surface area contributed by atoms with Gasteiger partial charge in [-0.3, -0.25) is 4.98 Å². The highest BCUT2D eigenvalue weighted by Crippen LogP contribution is 2.20. The van der Waals surface area contributed by atoms with Crippen LogP contribution in [0, 0.1) is 0 Å². The van der Waals surface area contributed by atoms with Crippen molar-refractivity contribution < 1.29 is 14.6 Å². The third kappa shape index (κ3) is 4.57. The lowest BCUT2D eigenvalue weighted by Crippen LogP contribution is -2.10. The summed E-state index contributed by atoms with van der Waals surface area (Å²) in [6.07, 6.45) is 0.900. The number of nitrogens with zero attached hydrogens (tertiary/aromatic N) is 1. The van der Waals surface area contributed by atoms with Gasteiger partial charge in [-0.25, -0.2) is 0 Å². The predicted molar refractivity (Wildman–Crippen MR) is 91.9 cm³/mol. The van der Waals surface area contributed by atoms with Crippen molar-refractivity contribution >= 4 is 0 Å². The second-order valence-corrected chi connectivity index (χ2v) is 5.33. The minimum atomic E-state index is -0.750. The van der Waals surface area contributed by atoms with Crippen molar-refractivity contribution in [1.82, 2.24) is 4.98 Å². The van der Waals surface area contributed by atoms with Gasteiger partial charge in [-0.1, -0.05) is 36.4 Å². The smallest absolute Gasteiger partial charge is 0.130 e. The summed E-state index contributed by atoms with van der Waals surface area (Å²) in [5.41, 5.74) is 1.72. The van der Waals surface area contributed by atoms with Gasteiger partial charge in [-0.15, -0.1) is 0 Å². The fraction of sp³-hybridized carbons (Fsp3) is 0.150. The molecular weight excluding hydrogens is 302 g/mol. The molecule has 0 aliphatic heterocycles. The molecule has 0 aliphatic rings. The zero-order chi connectivity index (χ0) is 16.6. The molecule has 0 saturated carbocycles. The molecule has 4 heteroatoms. The Morgan fingerprint density at radius 3 is 2.12 bits per heavy atom. The maximum absolute atomic E-state index is 10.0. The van der Waals surface area contributed by atoms with Crippen molar-refractivity contribution in [2.45, 2.75) is 12.7 Å². The monoisotopic (exact) mass is 321 g/mol. The van der Waals surface area contributed by atoms with Crippen LogP contribution < -0.4 is 9.47 Å². The number of rotatable bonds is 7. The molecule has 0 saturated heterocycles. The summed E-state index contributed by atoms with van der Waals surface area (Å²) in [5, 5.41) is 10.0. The van der Waals surface area contributed by atoms with Crippen LogP contribution in [0.3, 0.4) is 0 Å². The maximum Gasteiger partial charge on any atom is 0.130 e. The Hall–Kier alpha value is -2.85. The highest BCUT2D eigenvalue weighted by molar-refractivity contribution is 5.31. The van der Waals surface area contributed by atoms with Crippen LogP contribution in [0.1, 0.15) is 17.4 Å². The Kier molecular flexibility index (Phi) is 5.43. The Morgan fingerprint density at radius 1 is 0.792 bits per heavy atom. The molecule has 0 amide bonds. The number of aromatic nitrogens is 1. The summed E-state index contributed by atoms with van der Waals surface area (Å²) in [4.78, 5) is 4.11. The van der Waals surface area contributed by atoms with Gasteiger partial charge in [0.25, 0.3) is 0 Å². The molecule has 1 N–H and O–H groups in total. The molecule has 3 rings (SSSR count). The molecule has 1 unspecified atom stereocenters. The molecule has 1 atom stereocenters. The second-order valence-electron chi connectivity index (χ2n) is 5.33. The summed E-state index contributed by atoms with van der Waals surface area (Å²) in [6, 6.07) is 22.8. The average Bonchev–Trinajstić information content (AvgIpc) is 2.67. The van der Waals surface area contributed by atoms with Crippen molar-refractivity contribution in [3.05, 3.63) is 90.3 Å². The van der Waals surface area contributed by atoms with Crippen molar-refractivity contribution in [3.8, 4) is 11.5 Å². The molecule has 1 heterocycles. The van der Waals surface area contributed by atoms with Gasteiger partial charge in [-0.2, -0.15) is 0 Å². The third-order valence-electron chi connectivity index (χ3n) is 3.51. The van der Waals surface area contributed by atoms with Crippen LogP contribution in [-0.4, -0.2) is 16.7 Å². The van der Waals surface area contributed by atoms with E-state index in [1.807, 2.05) is 66.7 Å². The fourth-order valence-corrected chi connectivity index (χ4v) is 2.21. The summed E-state index contributed by atoms with van der Waals surface area (Å²) in [5.74, 6) is 1.45. The van der Waals surface area contributed by atoms with Gasteiger partial charge in [0, 0.05) is 6.20 Å². The molecule has 3 aromatic rings. The lowest BCUT2D eigenvalue weighted by Gasteiger charge is -2.12. The van der Waals surface area contributed by atoms with Gasteiger partial charge in [0.15, 0.2) is 0 Å². The molecular formula is C20H19NO3. The maximum atomic E-state index is 10.0. The number of benzene rings is 2. The van der Waals surface area contributed by atoms with Crippen LogP contribution in [0.2, 0.25) is 0 Å². The zero-order valence-corrected chi connectivity index (χ0v) is 13.2. The van der Waals surface area contributed by atoms with E-state index in [1.54, 1.807) is 12.3 Å².